The van der Waals surface area contributed by atoms with Gasteiger partial charge in [-0.2, -0.15) is 0 Å². The van der Waals surface area contributed by atoms with E-state index in [-0.39, 0.29) is 5.43 Å². The Hall–Kier alpha value is -1.09. The Kier molecular flexibility index (Phi) is 3.15. The molecule has 0 aromatic carbocycles. The summed E-state index contributed by atoms with van der Waals surface area (Å²) in [6.45, 7) is 7.38. The molecule has 2 unspecified atom stereocenters. The van der Waals surface area contributed by atoms with Gasteiger partial charge in [-0.15, -0.1) is 0 Å². The molecule has 0 bridgehead atoms. The number of pyridine rings is 1. The average Bonchev–Trinajstić information content (AvgIpc) is 2.19. The van der Waals surface area contributed by atoms with Crippen LogP contribution in [0.5, 0.6) is 0 Å². The maximum atomic E-state index is 11.4. The molecule has 2 heterocycles. The molecule has 16 heavy (non-hydrogen) atoms. The number of piperidine rings is 1. The van der Waals surface area contributed by atoms with E-state index in [0.717, 1.165) is 17.9 Å². The van der Waals surface area contributed by atoms with Crippen molar-refractivity contribution in [3.05, 3.63) is 33.7 Å². The van der Waals surface area contributed by atoms with Crippen LogP contribution in [0.15, 0.2) is 16.9 Å². The summed E-state index contributed by atoms with van der Waals surface area (Å²) < 4.78 is 2.30. The smallest absolute Gasteiger partial charge is 0.182 e. The fraction of sp³-hybridized carbons (Fsp3) is 0.615. The fourth-order valence-electron chi connectivity index (χ4n) is 2.77. The molecule has 0 radical (unpaired) electrons. The first-order valence-electron chi connectivity index (χ1n) is 6.03. The largest absolute Gasteiger partial charge is 0.344 e. The van der Waals surface area contributed by atoms with Crippen molar-refractivity contribution in [1.29, 1.82) is 0 Å². The van der Waals surface area contributed by atoms with Gasteiger partial charge in [-0.25, -0.2) is 0 Å². The number of hydrogen-bond acceptors (Lipinski definition) is 2. The van der Waals surface area contributed by atoms with Crippen LogP contribution in [0.1, 0.15) is 37.2 Å². The second-order valence-electron chi connectivity index (χ2n) is 4.80. The second kappa shape index (κ2) is 4.42. The second-order valence-corrected chi connectivity index (χ2v) is 4.80. The predicted octanol–water partition coefficient (Wildman–Crippen LogP) is 1.78. The molecule has 0 saturated carbocycles. The number of nitrogens with one attached hydrogen (secondary N) is 1. The van der Waals surface area contributed by atoms with E-state index in [9.17, 15) is 4.79 Å². The number of aromatic nitrogens is 1. The van der Waals surface area contributed by atoms with Gasteiger partial charge in [-0.3, -0.25) is 4.79 Å². The Morgan fingerprint density at radius 2 is 1.94 bits per heavy atom. The lowest BCUT2D eigenvalue weighted by molar-refractivity contribution is 0.287. The molecular weight excluding hydrogens is 200 g/mol. The molecule has 1 aliphatic heterocycles. The van der Waals surface area contributed by atoms with Crippen LogP contribution in [-0.4, -0.2) is 17.2 Å². The third kappa shape index (κ3) is 2.05. The van der Waals surface area contributed by atoms with Gasteiger partial charge in [0.25, 0.3) is 0 Å². The molecule has 2 rings (SSSR count). The zero-order chi connectivity index (χ0) is 11.7. The Labute approximate surface area is 96.5 Å². The number of nitrogens with zero attached hydrogens (tertiary/aromatic N) is 1. The lowest BCUT2D eigenvalue weighted by Crippen LogP contribution is -2.41. The lowest BCUT2D eigenvalue weighted by atomic mass is 9.98. The number of hydrogen-bond donors (Lipinski definition) is 1. The van der Waals surface area contributed by atoms with E-state index in [1.165, 1.54) is 12.8 Å². The summed E-state index contributed by atoms with van der Waals surface area (Å²) in [7, 11) is 0. The molecule has 1 N–H and O–H groups in total. The van der Waals surface area contributed by atoms with Gasteiger partial charge in [0.2, 0.25) is 0 Å². The van der Waals surface area contributed by atoms with Crippen molar-refractivity contribution in [3.63, 3.8) is 0 Å². The van der Waals surface area contributed by atoms with Crippen molar-refractivity contribution >= 4 is 0 Å². The van der Waals surface area contributed by atoms with E-state index in [2.05, 4.69) is 16.8 Å². The standard InChI is InChI=1S/C13H20N2O/c1-9-7-12(16)8-10(2)15(9)13-5-4-6-14-11(13)3/h7-8,11,13-14H,4-6H2,1-3H3. The molecule has 1 fully saturated rings. The molecule has 1 aliphatic rings. The van der Waals surface area contributed by atoms with E-state index in [0.29, 0.717) is 12.1 Å². The molecule has 3 nitrogen and oxygen atoms in total. The van der Waals surface area contributed by atoms with E-state index in [1.807, 2.05) is 13.8 Å². The van der Waals surface area contributed by atoms with Gasteiger partial charge >= 0.3 is 0 Å². The number of aryl methyl sites for hydroxylation is 2. The van der Waals surface area contributed by atoms with Gasteiger partial charge < -0.3 is 9.88 Å². The first-order valence-corrected chi connectivity index (χ1v) is 6.03. The maximum absolute atomic E-state index is 11.4. The summed E-state index contributed by atoms with van der Waals surface area (Å²) >= 11 is 0. The summed E-state index contributed by atoms with van der Waals surface area (Å²) in [4.78, 5) is 11.4. The molecular formula is C13H20N2O. The highest BCUT2D eigenvalue weighted by Crippen LogP contribution is 2.24. The van der Waals surface area contributed by atoms with E-state index < -0.39 is 0 Å². The highest BCUT2D eigenvalue weighted by atomic mass is 16.1. The summed E-state index contributed by atoms with van der Waals surface area (Å²) in [5.74, 6) is 0. The minimum absolute atomic E-state index is 0.114. The van der Waals surface area contributed by atoms with E-state index in [1.54, 1.807) is 12.1 Å². The van der Waals surface area contributed by atoms with E-state index in [4.69, 9.17) is 0 Å². The van der Waals surface area contributed by atoms with Crippen molar-refractivity contribution in [2.45, 2.75) is 45.7 Å². The predicted molar refractivity (Wildman–Crippen MR) is 65.9 cm³/mol. The fourth-order valence-corrected chi connectivity index (χ4v) is 2.77. The molecule has 0 amide bonds. The van der Waals surface area contributed by atoms with Crippen LogP contribution in [0.25, 0.3) is 0 Å². The molecule has 3 heteroatoms. The number of rotatable bonds is 1. The topological polar surface area (TPSA) is 34.0 Å². The van der Waals surface area contributed by atoms with Crippen molar-refractivity contribution in [3.8, 4) is 0 Å². The van der Waals surface area contributed by atoms with Gasteiger partial charge in [-0.1, -0.05) is 0 Å². The summed E-state index contributed by atoms with van der Waals surface area (Å²) in [5.41, 5.74) is 2.26. The molecule has 1 saturated heterocycles. The van der Waals surface area contributed by atoms with Crippen LogP contribution < -0.4 is 10.7 Å². The zero-order valence-electron chi connectivity index (χ0n) is 10.3. The van der Waals surface area contributed by atoms with Crippen LogP contribution >= 0.6 is 0 Å². The lowest BCUT2D eigenvalue weighted by Gasteiger charge is -2.34. The van der Waals surface area contributed by atoms with Gasteiger partial charge in [0.1, 0.15) is 0 Å². The van der Waals surface area contributed by atoms with Crippen LogP contribution in [0.3, 0.4) is 0 Å². The van der Waals surface area contributed by atoms with Gasteiger partial charge in [0.05, 0.1) is 0 Å². The van der Waals surface area contributed by atoms with Crippen molar-refractivity contribution in [2.24, 2.45) is 0 Å². The van der Waals surface area contributed by atoms with Crippen LogP contribution in [0.2, 0.25) is 0 Å². The van der Waals surface area contributed by atoms with Gasteiger partial charge in [0.15, 0.2) is 5.43 Å². The highest BCUT2D eigenvalue weighted by molar-refractivity contribution is 5.14. The maximum Gasteiger partial charge on any atom is 0.182 e. The highest BCUT2D eigenvalue weighted by Gasteiger charge is 2.23. The molecule has 1 aromatic heterocycles. The van der Waals surface area contributed by atoms with Gasteiger partial charge in [-0.05, 0) is 40.2 Å². The first-order chi connectivity index (χ1) is 7.59. The quantitative estimate of drug-likeness (QED) is 0.782. The Bertz CT molecular complexity index is 410. The Morgan fingerprint density at radius 3 is 2.50 bits per heavy atom. The monoisotopic (exact) mass is 220 g/mol. The van der Waals surface area contributed by atoms with Crippen LogP contribution in [0.4, 0.5) is 0 Å². The average molecular weight is 220 g/mol. The minimum Gasteiger partial charge on any atom is -0.344 e. The zero-order valence-corrected chi connectivity index (χ0v) is 10.3. The third-order valence-electron chi connectivity index (χ3n) is 3.51. The summed E-state index contributed by atoms with van der Waals surface area (Å²) in [6.07, 6.45) is 2.40. The van der Waals surface area contributed by atoms with Gasteiger partial charge in [0, 0.05) is 35.6 Å². The van der Waals surface area contributed by atoms with Crippen molar-refractivity contribution in [2.75, 3.05) is 6.54 Å². The third-order valence-corrected chi connectivity index (χ3v) is 3.51. The molecule has 0 aliphatic carbocycles. The van der Waals surface area contributed by atoms with E-state index >= 15 is 0 Å². The molecule has 1 aromatic rings. The van der Waals surface area contributed by atoms with Crippen molar-refractivity contribution < 1.29 is 0 Å². The Balaban J connectivity index is 2.42. The van der Waals surface area contributed by atoms with Crippen molar-refractivity contribution in [1.82, 2.24) is 9.88 Å². The summed E-state index contributed by atoms with van der Waals surface area (Å²) in [6, 6.07) is 4.42. The molecule has 2 atom stereocenters. The normalized spacial score (nSPS) is 25.7. The van der Waals surface area contributed by atoms with Crippen LogP contribution in [-0.2, 0) is 0 Å². The Morgan fingerprint density at radius 1 is 1.31 bits per heavy atom. The first kappa shape index (κ1) is 11.4. The summed E-state index contributed by atoms with van der Waals surface area (Å²) in [5, 5.41) is 3.50. The molecule has 0 spiro atoms. The van der Waals surface area contributed by atoms with Crippen LogP contribution in [0, 0.1) is 13.8 Å². The SMILES string of the molecule is Cc1cc(=O)cc(C)n1C1CCCNC1C. The molecule has 88 valence electrons. The minimum atomic E-state index is 0.114.